The van der Waals surface area contributed by atoms with Crippen LogP contribution in [-0.4, -0.2) is 25.2 Å². The lowest BCUT2D eigenvalue weighted by molar-refractivity contribution is 0.236. The first-order valence-electron chi connectivity index (χ1n) is 7.11. The molecule has 0 saturated heterocycles. The van der Waals surface area contributed by atoms with Crippen molar-refractivity contribution in [1.29, 1.82) is 0 Å². The molecule has 0 unspecified atom stereocenters. The van der Waals surface area contributed by atoms with Gasteiger partial charge < -0.3 is 10.6 Å². The first kappa shape index (κ1) is 15.4. The maximum Gasteiger partial charge on any atom is 0.330 e. The number of fused-ring (bicyclic) bond motifs is 1. The maximum absolute atomic E-state index is 12.3. The number of anilines is 3. The molecule has 0 bridgehead atoms. The Morgan fingerprint density at radius 2 is 1.96 bits per heavy atom. The molecule has 2 aromatic rings. The SMILES string of the molecule is O=C(NC(=O)N1CCNc2ccccc21)Nc1cccc(Br)c1. The Balaban J connectivity index is 1.67. The van der Waals surface area contributed by atoms with Gasteiger partial charge in [-0.2, -0.15) is 0 Å². The number of rotatable bonds is 1. The number of nitrogens with zero attached hydrogens (tertiary/aromatic N) is 1. The third kappa shape index (κ3) is 3.62. The average Bonchev–Trinajstić information content (AvgIpc) is 2.54. The summed E-state index contributed by atoms with van der Waals surface area (Å²) in [6, 6.07) is 13.6. The quantitative estimate of drug-likeness (QED) is 0.713. The Labute approximate surface area is 142 Å². The molecule has 1 aliphatic rings. The average molecular weight is 375 g/mol. The van der Waals surface area contributed by atoms with Crippen molar-refractivity contribution >= 4 is 45.1 Å². The van der Waals surface area contributed by atoms with E-state index in [0.29, 0.717) is 18.8 Å². The predicted octanol–water partition coefficient (Wildman–Crippen LogP) is 3.62. The van der Waals surface area contributed by atoms with E-state index >= 15 is 0 Å². The summed E-state index contributed by atoms with van der Waals surface area (Å²) < 4.78 is 0.845. The zero-order valence-corrected chi connectivity index (χ0v) is 13.8. The first-order valence-corrected chi connectivity index (χ1v) is 7.91. The zero-order valence-electron chi connectivity index (χ0n) is 12.2. The van der Waals surface area contributed by atoms with Crippen LogP contribution in [0.2, 0.25) is 0 Å². The van der Waals surface area contributed by atoms with Crippen LogP contribution in [0, 0.1) is 0 Å². The van der Waals surface area contributed by atoms with Crippen molar-refractivity contribution in [3.63, 3.8) is 0 Å². The minimum atomic E-state index is -0.566. The van der Waals surface area contributed by atoms with Crippen LogP contribution in [0.5, 0.6) is 0 Å². The lowest BCUT2D eigenvalue weighted by Gasteiger charge is -2.30. The Bertz CT molecular complexity index is 750. The van der Waals surface area contributed by atoms with Gasteiger partial charge >= 0.3 is 12.1 Å². The number of urea groups is 2. The van der Waals surface area contributed by atoms with Gasteiger partial charge in [0.2, 0.25) is 0 Å². The van der Waals surface area contributed by atoms with Crippen molar-refractivity contribution in [2.75, 3.05) is 28.6 Å². The number of carbonyl (C=O) groups is 2. The van der Waals surface area contributed by atoms with Crippen LogP contribution in [-0.2, 0) is 0 Å². The molecule has 1 aliphatic heterocycles. The van der Waals surface area contributed by atoms with Crippen LogP contribution in [0.1, 0.15) is 0 Å². The molecule has 3 N–H and O–H groups in total. The lowest BCUT2D eigenvalue weighted by Crippen LogP contribution is -2.48. The Hall–Kier alpha value is -2.54. The normalized spacial score (nSPS) is 12.8. The van der Waals surface area contributed by atoms with Gasteiger partial charge in [0.15, 0.2) is 0 Å². The van der Waals surface area contributed by atoms with Gasteiger partial charge in [-0.25, -0.2) is 9.59 Å². The van der Waals surface area contributed by atoms with Gasteiger partial charge in [0.1, 0.15) is 0 Å². The fraction of sp³-hybridized carbons (Fsp3) is 0.125. The Kier molecular flexibility index (Phi) is 4.47. The number of halogens is 1. The van der Waals surface area contributed by atoms with Crippen LogP contribution < -0.4 is 20.9 Å². The number of hydrogen-bond donors (Lipinski definition) is 3. The van der Waals surface area contributed by atoms with Gasteiger partial charge in [0.05, 0.1) is 11.4 Å². The molecule has 0 radical (unpaired) electrons. The van der Waals surface area contributed by atoms with Crippen molar-refractivity contribution in [2.24, 2.45) is 0 Å². The molecule has 118 valence electrons. The van der Waals surface area contributed by atoms with Crippen molar-refractivity contribution in [2.45, 2.75) is 0 Å². The van der Waals surface area contributed by atoms with Crippen LogP contribution in [0.3, 0.4) is 0 Å². The standard InChI is InChI=1S/C16H15BrN4O2/c17-11-4-3-5-12(10-11)19-15(22)20-16(23)21-9-8-18-13-6-1-2-7-14(13)21/h1-7,10,18H,8-9H2,(H2,19,20,22,23). The number of amides is 4. The molecule has 0 aromatic heterocycles. The summed E-state index contributed by atoms with van der Waals surface area (Å²) >= 11 is 3.33. The number of hydrogen-bond acceptors (Lipinski definition) is 3. The van der Waals surface area contributed by atoms with Gasteiger partial charge in [-0.05, 0) is 30.3 Å². The molecule has 23 heavy (non-hydrogen) atoms. The summed E-state index contributed by atoms with van der Waals surface area (Å²) in [5, 5.41) is 8.21. The zero-order chi connectivity index (χ0) is 16.2. The largest absolute Gasteiger partial charge is 0.382 e. The molecule has 3 rings (SSSR count). The second kappa shape index (κ2) is 6.70. The third-order valence-corrected chi connectivity index (χ3v) is 3.89. The molecule has 0 spiro atoms. The Morgan fingerprint density at radius 3 is 2.78 bits per heavy atom. The van der Waals surface area contributed by atoms with Crippen LogP contribution >= 0.6 is 15.9 Å². The van der Waals surface area contributed by atoms with E-state index in [4.69, 9.17) is 0 Å². The van der Waals surface area contributed by atoms with E-state index in [1.165, 1.54) is 0 Å². The second-order valence-corrected chi connectivity index (χ2v) is 5.91. The molecule has 1 heterocycles. The fourth-order valence-corrected chi connectivity index (χ4v) is 2.78. The molecular weight excluding hydrogens is 360 g/mol. The van der Waals surface area contributed by atoms with Crippen molar-refractivity contribution in [3.8, 4) is 0 Å². The summed E-state index contributed by atoms with van der Waals surface area (Å²) in [6.07, 6.45) is 0. The highest BCUT2D eigenvalue weighted by molar-refractivity contribution is 9.10. The molecule has 0 atom stereocenters. The molecule has 0 fully saturated rings. The minimum Gasteiger partial charge on any atom is -0.382 e. The van der Waals surface area contributed by atoms with Crippen molar-refractivity contribution in [1.82, 2.24) is 5.32 Å². The van der Waals surface area contributed by atoms with E-state index in [9.17, 15) is 9.59 Å². The monoisotopic (exact) mass is 374 g/mol. The fourth-order valence-electron chi connectivity index (χ4n) is 2.39. The van der Waals surface area contributed by atoms with Crippen LogP contribution in [0.4, 0.5) is 26.7 Å². The number of para-hydroxylation sites is 2. The van der Waals surface area contributed by atoms with Crippen LogP contribution in [0.15, 0.2) is 53.0 Å². The van der Waals surface area contributed by atoms with E-state index in [1.807, 2.05) is 30.3 Å². The van der Waals surface area contributed by atoms with E-state index in [2.05, 4.69) is 31.9 Å². The summed E-state index contributed by atoms with van der Waals surface area (Å²) in [5.41, 5.74) is 2.23. The summed E-state index contributed by atoms with van der Waals surface area (Å²) in [5.74, 6) is 0. The highest BCUT2D eigenvalue weighted by atomic mass is 79.9. The van der Waals surface area contributed by atoms with Gasteiger partial charge in [-0.15, -0.1) is 0 Å². The van der Waals surface area contributed by atoms with Gasteiger partial charge in [0, 0.05) is 23.2 Å². The number of nitrogens with one attached hydrogen (secondary N) is 3. The molecule has 4 amide bonds. The molecule has 7 heteroatoms. The van der Waals surface area contributed by atoms with E-state index < -0.39 is 12.1 Å². The topological polar surface area (TPSA) is 73.5 Å². The molecular formula is C16H15BrN4O2. The van der Waals surface area contributed by atoms with Gasteiger partial charge in [-0.3, -0.25) is 10.2 Å². The number of benzene rings is 2. The first-order chi connectivity index (χ1) is 11.1. The number of carbonyl (C=O) groups excluding carboxylic acids is 2. The van der Waals surface area contributed by atoms with Crippen molar-refractivity contribution in [3.05, 3.63) is 53.0 Å². The van der Waals surface area contributed by atoms with Gasteiger partial charge in [-0.1, -0.05) is 34.1 Å². The van der Waals surface area contributed by atoms with Crippen LogP contribution in [0.25, 0.3) is 0 Å². The van der Waals surface area contributed by atoms with E-state index in [1.54, 1.807) is 23.1 Å². The highest BCUT2D eigenvalue weighted by Crippen LogP contribution is 2.28. The lowest BCUT2D eigenvalue weighted by atomic mass is 10.2. The van der Waals surface area contributed by atoms with E-state index in [0.717, 1.165) is 15.8 Å². The molecule has 0 saturated carbocycles. The minimum absolute atomic E-state index is 0.452. The van der Waals surface area contributed by atoms with Crippen molar-refractivity contribution < 1.29 is 9.59 Å². The maximum atomic E-state index is 12.3. The summed E-state index contributed by atoms with van der Waals surface area (Å²) in [4.78, 5) is 25.9. The predicted molar refractivity (Wildman–Crippen MR) is 94.0 cm³/mol. The Morgan fingerprint density at radius 1 is 1.13 bits per heavy atom. The number of imide groups is 1. The second-order valence-electron chi connectivity index (χ2n) is 4.99. The summed E-state index contributed by atoms with van der Waals surface area (Å²) in [6.45, 7) is 1.13. The third-order valence-electron chi connectivity index (χ3n) is 3.39. The highest BCUT2D eigenvalue weighted by Gasteiger charge is 2.23. The summed E-state index contributed by atoms with van der Waals surface area (Å²) in [7, 11) is 0. The molecule has 6 nitrogen and oxygen atoms in total. The van der Waals surface area contributed by atoms with E-state index in [-0.39, 0.29) is 0 Å². The molecule has 0 aliphatic carbocycles. The van der Waals surface area contributed by atoms with Gasteiger partial charge in [0.25, 0.3) is 0 Å². The molecule has 2 aromatic carbocycles. The smallest absolute Gasteiger partial charge is 0.330 e.